The molecule has 0 bridgehead atoms. The molecule has 6 heteroatoms. The van der Waals surface area contributed by atoms with E-state index < -0.39 is 9.84 Å². The first kappa shape index (κ1) is 11.2. The van der Waals surface area contributed by atoms with Crippen LogP contribution in [-0.2, 0) is 16.4 Å². The first-order valence-electron chi connectivity index (χ1n) is 6.20. The summed E-state index contributed by atoms with van der Waals surface area (Å²) in [6.45, 7) is 3.08. The predicted molar refractivity (Wildman–Crippen MR) is 63.7 cm³/mol. The van der Waals surface area contributed by atoms with Crippen molar-refractivity contribution in [2.24, 2.45) is 0 Å². The van der Waals surface area contributed by atoms with E-state index >= 15 is 0 Å². The highest BCUT2D eigenvalue weighted by Crippen LogP contribution is 2.30. The number of aryl methyl sites for hydroxylation is 1. The number of nitrogens with zero attached hydrogens (tertiary/aromatic N) is 3. The van der Waals surface area contributed by atoms with Crippen LogP contribution in [0.5, 0.6) is 0 Å². The third-order valence-corrected chi connectivity index (χ3v) is 5.53. The van der Waals surface area contributed by atoms with Crippen LogP contribution in [0.1, 0.15) is 49.7 Å². The van der Waals surface area contributed by atoms with Crippen LogP contribution < -0.4 is 0 Å². The van der Waals surface area contributed by atoms with Crippen LogP contribution in [0, 0.1) is 0 Å². The number of fused-ring (bicyclic) bond motifs is 1. The summed E-state index contributed by atoms with van der Waals surface area (Å²) >= 11 is 0. The lowest BCUT2D eigenvalue weighted by Gasteiger charge is -2.17. The molecule has 3 rings (SSSR count). The summed E-state index contributed by atoms with van der Waals surface area (Å²) in [4.78, 5) is 4.57. The van der Waals surface area contributed by atoms with Crippen molar-refractivity contribution in [1.29, 1.82) is 0 Å². The van der Waals surface area contributed by atoms with Gasteiger partial charge in [-0.05, 0) is 19.3 Å². The van der Waals surface area contributed by atoms with E-state index in [0.717, 1.165) is 31.0 Å². The van der Waals surface area contributed by atoms with Crippen molar-refractivity contribution in [2.45, 2.75) is 44.6 Å². The maximum absolute atomic E-state index is 11.5. The standard InChI is InChI=1S/C11H17N3O2S/c1-8-3-2-5-14-11(8)12-10(13-14)9-4-6-17(15,16)7-9/h8-9H,2-7H2,1H3. The van der Waals surface area contributed by atoms with E-state index in [1.807, 2.05) is 4.68 Å². The SMILES string of the molecule is CC1CCCn2nc(C3CCS(=O)(=O)C3)nc21. The van der Waals surface area contributed by atoms with Gasteiger partial charge in [0.25, 0.3) is 0 Å². The Kier molecular flexibility index (Phi) is 2.50. The molecule has 94 valence electrons. The van der Waals surface area contributed by atoms with E-state index in [2.05, 4.69) is 17.0 Å². The quantitative estimate of drug-likeness (QED) is 0.753. The average molecular weight is 255 g/mol. The minimum Gasteiger partial charge on any atom is -0.250 e. The Bertz CT molecular complexity index is 535. The molecular formula is C11H17N3O2S. The van der Waals surface area contributed by atoms with Gasteiger partial charge < -0.3 is 0 Å². The van der Waals surface area contributed by atoms with Crippen LogP contribution in [0.15, 0.2) is 0 Å². The molecule has 0 amide bonds. The Morgan fingerprint density at radius 2 is 2.18 bits per heavy atom. The molecule has 1 aromatic heterocycles. The molecule has 1 saturated heterocycles. The Morgan fingerprint density at radius 1 is 1.35 bits per heavy atom. The van der Waals surface area contributed by atoms with Gasteiger partial charge in [0, 0.05) is 18.4 Å². The van der Waals surface area contributed by atoms with Gasteiger partial charge in [0.05, 0.1) is 11.5 Å². The fourth-order valence-electron chi connectivity index (χ4n) is 2.75. The summed E-state index contributed by atoms with van der Waals surface area (Å²) in [5.74, 6) is 2.76. The third-order valence-electron chi connectivity index (χ3n) is 3.76. The molecule has 2 unspecified atom stereocenters. The molecule has 0 radical (unpaired) electrons. The van der Waals surface area contributed by atoms with Crippen LogP contribution in [-0.4, -0.2) is 34.7 Å². The molecule has 2 atom stereocenters. The largest absolute Gasteiger partial charge is 0.250 e. The summed E-state index contributed by atoms with van der Waals surface area (Å²) in [6.07, 6.45) is 2.97. The number of hydrogen-bond donors (Lipinski definition) is 0. The first-order chi connectivity index (χ1) is 8.05. The predicted octanol–water partition coefficient (Wildman–Crippen LogP) is 1.08. The molecule has 0 N–H and O–H groups in total. The molecule has 2 aliphatic rings. The van der Waals surface area contributed by atoms with E-state index in [1.54, 1.807) is 0 Å². The van der Waals surface area contributed by atoms with Crippen LogP contribution >= 0.6 is 0 Å². The van der Waals surface area contributed by atoms with Gasteiger partial charge >= 0.3 is 0 Å². The molecule has 1 fully saturated rings. The lowest BCUT2D eigenvalue weighted by molar-refractivity contribution is 0.431. The molecule has 0 spiro atoms. The van der Waals surface area contributed by atoms with Crippen LogP contribution in [0.4, 0.5) is 0 Å². The Labute approximate surface area is 101 Å². The second-order valence-corrected chi connectivity index (χ2v) is 7.42. The molecule has 0 saturated carbocycles. The van der Waals surface area contributed by atoms with Crippen LogP contribution in [0.2, 0.25) is 0 Å². The molecule has 0 aliphatic carbocycles. The number of aromatic nitrogens is 3. The highest BCUT2D eigenvalue weighted by Gasteiger charge is 2.33. The zero-order valence-electron chi connectivity index (χ0n) is 9.96. The number of sulfone groups is 1. The number of hydrogen-bond acceptors (Lipinski definition) is 4. The Balaban J connectivity index is 1.90. The van der Waals surface area contributed by atoms with Crippen molar-refractivity contribution in [1.82, 2.24) is 14.8 Å². The molecule has 2 aliphatic heterocycles. The highest BCUT2D eigenvalue weighted by molar-refractivity contribution is 7.91. The summed E-state index contributed by atoms with van der Waals surface area (Å²) in [6, 6.07) is 0. The summed E-state index contributed by atoms with van der Waals surface area (Å²) in [5.41, 5.74) is 0. The average Bonchev–Trinajstić information content (AvgIpc) is 2.82. The molecule has 3 heterocycles. The van der Waals surface area contributed by atoms with E-state index in [1.165, 1.54) is 0 Å². The minimum absolute atomic E-state index is 0.0188. The van der Waals surface area contributed by atoms with Gasteiger partial charge in [-0.25, -0.2) is 18.1 Å². The third kappa shape index (κ3) is 1.99. The van der Waals surface area contributed by atoms with Crippen molar-refractivity contribution in [3.05, 3.63) is 11.6 Å². The van der Waals surface area contributed by atoms with Crippen LogP contribution in [0.3, 0.4) is 0 Å². The van der Waals surface area contributed by atoms with Crippen molar-refractivity contribution < 1.29 is 8.42 Å². The zero-order valence-corrected chi connectivity index (χ0v) is 10.8. The van der Waals surface area contributed by atoms with Gasteiger partial charge in [0.15, 0.2) is 15.7 Å². The second-order valence-electron chi connectivity index (χ2n) is 5.19. The maximum atomic E-state index is 11.5. The van der Waals surface area contributed by atoms with E-state index in [9.17, 15) is 8.42 Å². The fourth-order valence-corrected chi connectivity index (χ4v) is 4.49. The Morgan fingerprint density at radius 3 is 2.82 bits per heavy atom. The second kappa shape index (κ2) is 3.80. The topological polar surface area (TPSA) is 64.8 Å². The lowest BCUT2D eigenvalue weighted by atomic mass is 10.0. The first-order valence-corrected chi connectivity index (χ1v) is 8.02. The monoisotopic (exact) mass is 255 g/mol. The smallest absolute Gasteiger partial charge is 0.155 e. The molecular weight excluding hydrogens is 238 g/mol. The van der Waals surface area contributed by atoms with Gasteiger partial charge in [0.2, 0.25) is 0 Å². The summed E-state index contributed by atoms with van der Waals surface area (Å²) in [7, 11) is -2.85. The van der Waals surface area contributed by atoms with Gasteiger partial charge in [-0.15, -0.1) is 0 Å². The van der Waals surface area contributed by atoms with Crippen molar-refractivity contribution >= 4 is 9.84 Å². The molecule has 17 heavy (non-hydrogen) atoms. The number of rotatable bonds is 1. The van der Waals surface area contributed by atoms with E-state index in [0.29, 0.717) is 12.3 Å². The summed E-state index contributed by atoms with van der Waals surface area (Å²) < 4.78 is 24.9. The summed E-state index contributed by atoms with van der Waals surface area (Å²) in [5, 5.41) is 4.49. The van der Waals surface area contributed by atoms with E-state index in [-0.39, 0.29) is 17.4 Å². The van der Waals surface area contributed by atoms with Crippen LogP contribution in [0.25, 0.3) is 0 Å². The lowest BCUT2D eigenvalue weighted by Crippen LogP contribution is -2.14. The fraction of sp³-hybridized carbons (Fsp3) is 0.818. The van der Waals surface area contributed by atoms with Crippen molar-refractivity contribution in [3.63, 3.8) is 0 Å². The van der Waals surface area contributed by atoms with Crippen molar-refractivity contribution in [2.75, 3.05) is 11.5 Å². The maximum Gasteiger partial charge on any atom is 0.155 e. The normalized spacial score (nSPS) is 31.4. The molecule has 5 nitrogen and oxygen atoms in total. The zero-order chi connectivity index (χ0) is 12.0. The van der Waals surface area contributed by atoms with Gasteiger partial charge in [0.1, 0.15) is 5.82 Å². The van der Waals surface area contributed by atoms with Gasteiger partial charge in [-0.2, -0.15) is 5.10 Å². The van der Waals surface area contributed by atoms with Crippen molar-refractivity contribution in [3.8, 4) is 0 Å². The molecule has 0 aromatic carbocycles. The highest BCUT2D eigenvalue weighted by atomic mass is 32.2. The Hall–Kier alpha value is -0.910. The van der Waals surface area contributed by atoms with E-state index in [4.69, 9.17) is 0 Å². The van der Waals surface area contributed by atoms with Gasteiger partial charge in [-0.3, -0.25) is 0 Å². The molecule has 1 aromatic rings. The van der Waals surface area contributed by atoms with Gasteiger partial charge in [-0.1, -0.05) is 6.92 Å². The minimum atomic E-state index is -2.85.